The van der Waals surface area contributed by atoms with Crippen molar-refractivity contribution in [1.29, 1.82) is 0 Å². The maximum Gasteiger partial charge on any atom is 0.412 e. The summed E-state index contributed by atoms with van der Waals surface area (Å²) in [6, 6.07) is 3.19. The summed E-state index contributed by atoms with van der Waals surface area (Å²) in [5.74, 6) is -1.14. The van der Waals surface area contributed by atoms with Crippen molar-refractivity contribution in [2.45, 2.75) is 26.4 Å². The molecule has 0 saturated carbocycles. The second kappa shape index (κ2) is 6.05. The molecule has 1 amide bonds. The maximum atomic E-state index is 11.6. The van der Waals surface area contributed by atoms with Gasteiger partial charge in [-0.25, -0.2) is 14.6 Å². The molecule has 0 unspecified atom stereocenters. The molecule has 1 aromatic heterocycles. The van der Waals surface area contributed by atoms with Gasteiger partial charge in [-0.2, -0.15) is 0 Å². The molecule has 1 rings (SSSR count). The topological polar surface area (TPSA) is 115 Å². The molecule has 7 heteroatoms. The van der Waals surface area contributed by atoms with Crippen molar-refractivity contribution in [3.8, 4) is 0 Å². The number of hydrogen-bond donors (Lipinski definition) is 3. The Morgan fingerprint density at radius 1 is 1.45 bits per heavy atom. The average Bonchev–Trinajstić information content (AvgIpc) is 2.28. The number of hydrogen-bond acceptors (Lipinski definition) is 5. The molecule has 0 fully saturated rings. The van der Waals surface area contributed by atoms with Crippen LogP contribution in [0.25, 0.3) is 6.08 Å². The molecule has 0 aromatic carbocycles. The van der Waals surface area contributed by atoms with Gasteiger partial charge >= 0.3 is 12.1 Å². The Morgan fingerprint density at radius 3 is 2.60 bits per heavy atom. The molecule has 0 spiro atoms. The SMILES string of the molecule is CC(C)(C)OC(=O)NC(=Cc1cccnc1N)C(=O)O. The van der Waals surface area contributed by atoms with Gasteiger partial charge in [-0.1, -0.05) is 0 Å². The summed E-state index contributed by atoms with van der Waals surface area (Å²) in [7, 11) is 0. The zero-order valence-corrected chi connectivity index (χ0v) is 11.5. The number of amides is 1. The molecule has 0 saturated heterocycles. The Kier molecular flexibility index (Phi) is 4.68. The number of carbonyl (C=O) groups excluding carboxylic acids is 1. The van der Waals surface area contributed by atoms with Crippen LogP contribution in [0, 0.1) is 0 Å². The number of anilines is 1. The molecule has 0 aliphatic rings. The second-order valence-electron chi connectivity index (χ2n) is 4.97. The standard InChI is InChI=1S/C13H17N3O4/c1-13(2,3)20-12(19)16-9(11(17)18)7-8-5-4-6-15-10(8)14/h4-7H,1-3H3,(H2,14,15)(H,16,19)(H,17,18). The van der Waals surface area contributed by atoms with Crippen LogP contribution in [0.3, 0.4) is 0 Å². The predicted octanol–water partition coefficient (Wildman–Crippen LogP) is 1.61. The fourth-order valence-electron chi connectivity index (χ4n) is 1.27. The number of carbonyl (C=O) groups is 2. The molecule has 108 valence electrons. The van der Waals surface area contributed by atoms with Gasteiger partial charge in [0.1, 0.15) is 17.1 Å². The van der Waals surface area contributed by atoms with E-state index in [9.17, 15) is 9.59 Å². The van der Waals surface area contributed by atoms with E-state index in [1.54, 1.807) is 32.9 Å². The molecule has 1 heterocycles. The Balaban J connectivity index is 2.94. The third-order valence-electron chi connectivity index (χ3n) is 2.04. The molecule has 0 aliphatic heterocycles. The number of alkyl carbamates (subject to hydrolysis) is 1. The summed E-state index contributed by atoms with van der Waals surface area (Å²) in [4.78, 5) is 26.5. The first-order valence-electron chi connectivity index (χ1n) is 5.84. The highest BCUT2D eigenvalue weighted by atomic mass is 16.6. The van der Waals surface area contributed by atoms with Crippen LogP contribution in [0.5, 0.6) is 0 Å². The highest BCUT2D eigenvalue weighted by Crippen LogP contribution is 2.12. The molecular weight excluding hydrogens is 262 g/mol. The molecule has 1 aromatic rings. The average molecular weight is 279 g/mol. The summed E-state index contributed by atoms with van der Waals surface area (Å²) >= 11 is 0. The van der Waals surface area contributed by atoms with Crippen LogP contribution in [-0.4, -0.2) is 27.8 Å². The van der Waals surface area contributed by atoms with E-state index in [1.165, 1.54) is 12.3 Å². The minimum absolute atomic E-state index is 0.164. The van der Waals surface area contributed by atoms with E-state index in [0.29, 0.717) is 5.56 Å². The first-order valence-corrected chi connectivity index (χ1v) is 5.84. The van der Waals surface area contributed by atoms with Crippen molar-refractivity contribution in [2.75, 3.05) is 5.73 Å². The van der Waals surface area contributed by atoms with E-state index in [1.807, 2.05) is 0 Å². The summed E-state index contributed by atoms with van der Waals surface area (Å²) in [6.07, 6.45) is 1.84. The lowest BCUT2D eigenvalue weighted by Crippen LogP contribution is -2.34. The lowest BCUT2D eigenvalue weighted by atomic mass is 10.2. The highest BCUT2D eigenvalue weighted by molar-refractivity contribution is 5.96. The van der Waals surface area contributed by atoms with Gasteiger partial charge in [0.05, 0.1) is 0 Å². The Morgan fingerprint density at radius 2 is 2.10 bits per heavy atom. The van der Waals surface area contributed by atoms with E-state index in [2.05, 4.69) is 10.3 Å². The lowest BCUT2D eigenvalue weighted by Gasteiger charge is -2.19. The molecule has 20 heavy (non-hydrogen) atoms. The number of carboxylic acids is 1. The van der Waals surface area contributed by atoms with Gasteiger partial charge in [0, 0.05) is 11.8 Å². The van der Waals surface area contributed by atoms with Crippen LogP contribution < -0.4 is 11.1 Å². The smallest absolute Gasteiger partial charge is 0.412 e. The van der Waals surface area contributed by atoms with Gasteiger partial charge in [-0.05, 0) is 39.0 Å². The molecule has 0 atom stereocenters. The first kappa shape index (κ1) is 15.5. The van der Waals surface area contributed by atoms with Gasteiger partial charge in [-0.15, -0.1) is 0 Å². The quantitative estimate of drug-likeness (QED) is 0.724. The fraction of sp³-hybridized carbons (Fsp3) is 0.308. The van der Waals surface area contributed by atoms with E-state index in [0.717, 1.165) is 0 Å². The highest BCUT2D eigenvalue weighted by Gasteiger charge is 2.19. The minimum atomic E-state index is -1.31. The summed E-state index contributed by atoms with van der Waals surface area (Å²) in [6.45, 7) is 5.03. The van der Waals surface area contributed by atoms with Crippen molar-refractivity contribution in [2.24, 2.45) is 0 Å². The van der Waals surface area contributed by atoms with Gasteiger partial charge in [-0.3, -0.25) is 5.32 Å². The summed E-state index contributed by atoms with van der Waals surface area (Å²) in [5.41, 5.74) is 4.93. The van der Waals surface area contributed by atoms with Crippen molar-refractivity contribution in [1.82, 2.24) is 10.3 Å². The Bertz CT molecular complexity index is 547. The van der Waals surface area contributed by atoms with Gasteiger partial charge in [0.15, 0.2) is 0 Å². The van der Waals surface area contributed by atoms with Crippen LogP contribution in [-0.2, 0) is 9.53 Å². The summed E-state index contributed by atoms with van der Waals surface area (Å²) in [5, 5.41) is 11.2. The predicted molar refractivity (Wildman–Crippen MR) is 73.6 cm³/mol. The monoisotopic (exact) mass is 279 g/mol. The van der Waals surface area contributed by atoms with Crippen molar-refractivity contribution >= 4 is 24.0 Å². The number of nitrogens with zero attached hydrogens (tertiary/aromatic N) is 1. The Labute approximate surface area is 116 Å². The molecule has 4 N–H and O–H groups in total. The second-order valence-corrected chi connectivity index (χ2v) is 4.97. The van der Waals surface area contributed by atoms with Crippen LogP contribution in [0.2, 0.25) is 0 Å². The number of pyridine rings is 1. The first-order chi connectivity index (χ1) is 9.19. The third-order valence-corrected chi connectivity index (χ3v) is 2.04. The number of nitrogens with two attached hydrogens (primary N) is 1. The van der Waals surface area contributed by atoms with E-state index < -0.39 is 17.7 Å². The van der Waals surface area contributed by atoms with Gasteiger partial charge in [0.25, 0.3) is 0 Å². The minimum Gasteiger partial charge on any atom is -0.477 e. The van der Waals surface area contributed by atoms with Crippen LogP contribution >= 0.6 is 0 Å². The van der Waals surface area contributed by atoms with Crippen molar-refractivity contribution in [3.63, 3.8) is 0 Å². The number of aliphatic carboxylic acids is 1. The largest absolute Gasteiger partial charge is 0.477 e. The molecule has 7 nitrogen and oxygen atoms in total. The number of rotatable bonds is 3. The zero-order valence-electron chi connectivity index (χ0n) is 11.5. The third kappa shape index (κ3) is 4.97. The van der Waals surface area contributed by atoms with Crippen molar-refractivity contribution in [3.05, 3.63) is 29.6 Å². The van der Waals surface area contributed by atoms with Crippen molar-refractivity contribution < 1.29 is 19.4 Å². The lowest BCUT2D eigenvalue weighted by molar-refractivity contribution is -0.133. The number of carboxylic acid groups (broad SMARTS) is 1. The fourth-order valence-corrected chi connectivity index (χ4v) is 1.27. The van der Waals surface area contributed by atoms with E-state index in [4.69, 9.17) is 15.6 Å². The van der Waals surface area contributed by atoms with E-state index >= 15 is 0 Å². The summed E-state index contributed by atoms with van der Waals surface area (Å²) < 4.78 is 4.99. The van der Waals surface area contributed by atoms with E-state index in [-0.39, 0.29) is 11.5 Å². The van der Waals surface area contributed by atoms with Crippen LogP contribution in [0.4, 0.5) is 10.6 Å². The maximum absolute atomic E-state index is 11.6. The number of nitrogens with one attached hydrogen (secondary N) is 1. The molecule has 0 bridgehead atoms. The van der Waals surface area contributed by atoms with Gasteiger partial charge < -0.3 is 15.6 Å². The van der Waals surface area contributed by atoms with Gasteiger partial charge in [0.2, 0.25) is 0 Å². The number of ether oxygens (including phenoxy) is 1. The molecular formula is C13H17N3O4. The zero-order chi connectivity index (χ0) is 15.3. The number of aromatic nitrogens is 1. The normalized spacial score (nSPS) is 11.8. The van der Waals surface area contributed by atoms with Crippen LogP contribution in [0.15, 0.2) is 24.0 Å². The Hall–Kier alpha value is -2.57. The van der Waals surface area contributed by atoms with Crippen LogP contribution in [0.1, 0.15) is 26.3 Å². The molecule has 0 aliphatic carbocycles. The number of nitrogen functional groups attached to an aromatic ring is 1. The molecule has 0 radical (unpaired) electrons.